The Hall–Kier alpha value is -4.60. The summed E-state index contributed by atoms with van der Waals surface area (Å²) < 4.78 is 10.4. The predicted octanol–water partition coefficient (Wildman–Crippen LogP) is 2.43. The Morgan fingerprint density at radius 3 is 2.35 bits per heavy atom. The quantitative estimate of drug-likeness (QED) is 0.485. The molecule has 2 N–H and O–H groups in total. The molecule has 0 unspecified atom stereocenters. The molecule has 0 bridgehead atoms. The Labute approximate surface area is 215 Å². The van der Waals surface area contributed by atoms with Crippen LogP contribution in [-0.4, -0.2) is 74.5 Å². The van der Waals surface area contributed by atoms with Gasteiger partial charge in [0.1, 0.15) is 0 Å². The molecule has 1 aliphatic heterocycles. The molecule has 4 rings (SSSR count). The lowest BCUT2D eigenvalue weighted by atomic mass is 10.1. The smallest absolute Gasteiger partial charge is 0.257 e. The number of para-hydroxylation sites is 1. The molecule has 10 heteroatoms. The number of methoxy groups -OCH3 is 2. The highest BCUT2D eigenvalue weighted by Crippen LogP contribution is 2.27. The molecule has 3 amide bonds. The van der Waals surface area contributed by atoms with Crippen LogP contribution in [0.4, 0.5) is 11.4 Å². The number of carbonyl (C=O) groups is 3. The van der Waals surface area contributed by atoms with Crippen LogP contribution in [0.25, 0.3) is 0 Å². The lowest BCUT2D eigenvalue weighted by Gasteiger charge is -2.37. The van der Waals surface area contributed by atoms with E-state index in [1.807, 2.05) is 18.2 Å². The summed E-state index contributed by atoms with van der Waals surface area (Å²) in [6.45, 7) is 1.96. The van der Waals surface area contributed by atoms with E-state index in [1.54, 1.807) is 53.7 Å². The lowest BCUT2D eigenvalue weighted by molar-refractivity contribution is -0.130. The summed E-state index contributed by atoms with van der Waals surface area (Å²) in [6.07, 6.45) is 3.24. The van der Waals surface area contributed by atoms with E-state index in [0.717, 1.165) is 5.69 Å². The van der Waals surface area contributed by atoms with Crippen molar-refractivity contribution in [3.63, 3.8) is 0 Å². The van der Waals surface area contributed by atoms with Gasteiger partial charge in [0.05, 0.1) is 38.2 Å². The molecule has 1 aromatic heterocycles. The third-order valence-electron chi connectivity index (χ3n) is 6.09. The fourth-order valence-electron chi connectivity index (χ4n) is 4.12. The number of carbonyl (C=O) groups excluding carboxylic acids is 3. The van der Waals surface area contributed by atoms with Crippen molar-refractivity contribution in [2.24, 2.45) is 0 Å². The van der Waals surface area contributed by atoms with Crippen LogP contribution in [0.15, 0.2) is 67.0 Å². The standard InChI is InChI=1S/C27H29N5O5/c1-36-23-10-9-19(16-24(23)37-2)26(34)29-18-25(33)32-14-12-31(13-15-32)22-8-4-3-7-21(22)27(35)30-20-6-5-11-28-17-20/h3-11,16-17H,12-15,18H2,1-2H3,(H,29,34)(H,30,35). The SMILES string of the molecule is COc1ccc(C(=O)NCC(=O)N2CCN(c3ccccc3C(=O)Nc3cccnc3)CC2)cc1OC. The minimum Gasteiger partial charge on any atom is -0.493 e. The van der Waals surface area contributed by atoms with Crippen LogP contribution < -0.4 is 25.0 Å². The predicted molar refractivity (Wildman–Crippen MR) is 139 cm³/mol. The fraction of sp³-hybridized carbons (Fsp3) is 0.259. The number of pyridine rings is 1. The molecule has 1 saturated heterocycles. The topological polar surface area (TPSA) is 113 Å². The first-order chi connectivity index (χ1) is 18.0. The second-order valence-corrected chi connectivity index (χ2v) is 8.33. The Bertz CT molecular complexity index is 1260. The van der Waals surface area contributed by atoms with E-state index < -0.39 is 0 Å². The van der Waals surface area contributed by atoms with E-state index in [9.17, 15) is 14.4 Å². The van der Waals surface area contributed by atoms with E-state index in [-0.39, 0.29) is 24.3 Å². The van der Waals surface area contributed by atoms with Crippen LogP contribution in [0.5, 0.6) is 11.5 Å². The number of aromatic nitrogens is 1. The van der Waals surface area contributed by atoms with Gasteiger partial charge < -0.3 is 29.9 Å². The van der Waals surface area contributed by atoms with Crippen molar-refractivity contribution in [2.75, 3.05) is 57.2 Å². The van der Waals surface area contributed by atoms with Crippen molar-refractivity contribution >= 4 is 29.1 Å². The Balaban J connectivity index is 1.32. The summed E-state index contributed by atoms with van der Waals surface area (Å²) in [5.74, 6) is 0.189. The van der Waals surface area contributed by atoms with Crippen LogP contribution in [0.3, 0.4) is 0 Å². The third-order valence-corrected chi connectivity index (χ3v) is 6.09. The molecule has 192 valence electrons. The number of nitrogens with zero attached hydrogens (tertiary/aromatic N) is 3. The molecule has 10 nitrogen and oxygen atoms in total. The molecule has 1 fully saturated rings. The van der Waals surface area contributed by atoms with Crippen molar-refractivity contribution in [3.8, 4) is 11.5 Å². The normalized spacial score (nSPS) is 13.0. The van der Waals surface area contributed by atoms with Gasteiger partial charge >= 0.3 is 0 Å². The first-order valence-electron chi connectivity index (χ1n) is 11.8. The van der Waals surface area contributed by atoms with Gasteiger partial charge in [-0.3, -0.25) is 19.4 Å². The number of anilines is 2. The first-order valence-corrected chi connectivity index (χ1v) is 11.8. The van der Waals surface area contributed by atoms with Gasteiger partial charge in [0.15, 0.2) is 11.5 Å². The molecule has 0 saturated carbocycles. The van der Waals surface area contributed by atoms with Gasteiger partial charge in [0.2, 0.25) is 5.91 Å². The highest BCUT2D eigenvalue weighted by molar-refractivity contribution is 6.08. The highest BCUT2D eigenvalue weighted by Gasteiger charge is 2.24. The molecule has 0 spiro atoms. The van der Waals surface area contributed by atoms with Crippen LogP contribution in [0.2, 0.25) is 0 Å². The molecule has 0 radical (unpaired) electrons. The second kappa shape index (κ2) is 11.9. The highest BCUT2D eigenvalue weighted by atomic mass is 16.5. The van der Waals surface area contributed by atoms with Gasteiger partial charge in [-0.25, -0.2) is 0 Å². The monoisotopic (exact) mass is 503 g/mol. The Morgan fingerprint density at radius 1 is 0.892 bits per heavy atom. The van der Waals surface area contributed by atoms with Gasteiger partial charge in [0.25, 0.3) is 11.8 Å². The molecule has 0 aliphatic carbocycles. The zero-order valence-electron chi connectivity index (χ0n) is 20.8. The maximum atomic E-state index is 12.9. The van der Waals surface area contributed by atoms with Gasteiger partial charge in [0, 0.05) is 43.6 Å². The third kappa shape index (κ3) is 6.16. The number of rotatable bonds is 8. The summed E-state index contributed by atoms with van der Waals surface area (Å²) in [7, 11) is 3.01. The van der Waals surface area contributed by atoms with E-state index >= 15 is 0 Å². The van der Waals surface area contributed by atoms with Crippen molar-refractivity contribution in [2.45, 2.75) is 0 Å². The number of nitrogens with one attached hydrogen (secondary N) is 2. The Morgan fingerprint density at radius 2 is 1.65 bits per heavy atom. The number of hydrogen-bond acceptors (Lipinski definition) is 7. The van der Waals surface area contributed by atoms with Crippen molar-refractivity contribution in [3.05, 3.63) is 78.1 Å². The van der Waals surface area contributed by atoms with Crippen LogP contribution in [0, 0.1) is 0 Å². The van der Waals surface area contributed by atoms with Crippen LogP contribution in [-0.2, 0) is 4.79 Å². The van der Waals surface area contributed by atoms with Gasteiger partial charge in [-0.2, -0.15) is 0 Å². The van der Waals surface area contributed by atoms with Crippen LogP contribution >= 0.6 is 0 Å². The molecule has 1 aliphatic rings. The molecule has 3 aromatic rings. The Kier molecular flexibility index (Phi) is 8.19. The second-order valence-electron chi connectivity index (χ2n) is 8.33. The summed E-state index contributed by atoms with van der Waals surface area (Å²) in [5.41, 5.74) is 2.34. The molecule has 37 heavy (non-hydrogen) atoms. The largest absolute Gasteiger partial charge is 0.493 e. The molecular weight excluding hydrogens is 474 g/mol. The van der Waals surface area contributed by atoms with Crippen molar-refractivity contribution in [1.29, 1.82) is 0 Å². The maximum Gasteiger partial charge on any atom is 0.257 e. The number of piperazine rings is 1. The molecular formula is C27H29N5O5. The number of ether oxygens (including phenoxy) is 2. The first kappa shape index (κ1) is 25.5. The fourth-order valence-corrected chi connectivity index (χ4v) is 4.12. The van der Waals surface area contributed by atoms with Gasteiger partial charge in [-0.05, 0) is 42.5 Å². The van der Waals surface area contributed by atoms with E-state index in [0.29, 0.717) is 54.5 Å². The number of benzene rings is 2. The van der Waals surface area contributed by atoms with Crippen LogP contribution in [0.1, 0.15) is 20.7 Å². The van der Waals surface area contributed by atoms with E-state index in [2.05, 4.69) is 20.5 Å². The maximum absolute atomic E-state index is 12.9. The van der Waals surface area contributed by atoms with Gasteiger partial charge in [-0.1, -0.05) is 12.1 Å². The molecule has 2 heterocycles. The number of amides is 3. The molecule has 0 atom stereocenters. The summed E-state index contributed by atoms with van der Waals surface area (Å²) >= 11 is 0. The van der Waals surface area contributed by atoms with Crippen molar-refractivity contribution < 1.29 is 23.9 Å². The summed E-state index contributed by atoms with van der Waals surface area (Å²) in [6, 6.07) is 15.8. The molecule has 2 aromatic carbocycles. The minimum absolute atomic E-state index is 0.114. The van der Waals surface area contributed by atoms with E-state index in [1.165, 1.54) is 14.2 Å². The average Bonchev–Trinajstić information content (AvgIpc) is 2.95. The number of hydrogen-bond donors (Lipinski definition) is 2. The van der Waals surface area contributed by atoms with Crippen molar-refractivity contribution in [1.82, 2.24) is 15.2 Å². The zero-order chi connectivity index (χ0) is 26.2. The summed E-state index contributed by atoms with van der Waals surface area (Å²) in [4.78, 5) is 46.0. The summed E-state index contributed by atoms with van der Waals surface area (Å²) in [5, 5.41) is 5.55. The van der Waals surface area contributed by atoms with Gasteiger partial charge in [-0.15, -0.1) is 0 Å². The zero-order valence-corrected chi connectivity index (χ0v) is 20.8. The van der Waals surface area contributed by atoms with E-state index in [4.69, 9.17) is 9.47 Å². The average molecular weight is 504 g/mol. The minimum atomic E-state index is -0.374. The lowest BCUT2D eigenvalue weighted by Crippen LogP contribution is -2.51.